The second-order valence-electron chi connectivity index (χ2n) is 9.22. The molecule has 1 aromatic rings. The summed E-state index contributed by atoms with van der Waals surface area (Å²) < 4.78 is 5.55. The summed E-state index contributed by atoms with van der Waals surface area (Å²) in [5.74, 6) is 0. The van der Waals surface area contributed by atoms with E-state index >= 15 is 0 Å². The molecule has 4 nitrogen and oxygen atoms in total. The van der Waals surface area contributed by atoms with Crippen molar-refractivity contribution in [1.82, 2.24) is 4.90 Å². The number of carbonyl (C=O) groups excluding carboxylic acids is 1. The van der Waals surface area contributed by atoms with Gasteiger partial charge in [-0.05, 0) is 89.8 Å². The number of rotatable bonds is 5. The number of hydrogen-bond donors (Lipinski definition) is 1. The molecule has 2 rings (SSSR count). The highest BCUT2D eigenvalue weighted by Crippen LogP contribution is 2.46. The van der Waals surface area contributed by atoms with Gasteiger partial charge < -0.3 is 14.7 Å². The predicted molar refractivity (Wildman–Crippen MR) is 115 cm³/mol. The fourth-order valence-electron chi connectivity index (χ4n) is 3.83. The minimum atomic E-state index is -0.644. The van der Waals surface area contributed by atoms with Gasteiger partial charge in [-0.1, -0.05) is 29.3 Å². The third kappa shape index (κ3) is 6.01. The van der Waals surface area contributed by atoms with Crippen LogP contribution in [0.2, 0.25) is 10.0 Å². The molecule has 0 aliphatic heterocycles. The minimum absolute atomic E-state index is 0.147. The van der Waals surface area contributed by atoms with Gasteiger partial charge >= 0.3 is 6.09 Å². The smallest absolute Gasteiger partial charge is 0.410 e. The minimum Gasteiger partial charge on any atom is -0.444 e. The maximum Gasteiger partial charge on any atom is 0.410 e. The monoisotopic (exact) mass is 429 g/mol. The summed E-state index contributed by atoms with van der Waals surface area (Å²) >= 11 is 12.4. The van der Waals surface area contributed by atoms with Crippen LogP contribution in [0.5, 0.6) is 0 Å². The van der Waals surface area contributed by atoms with Gasteiger partial charge in [0.2, 0.25) is 0 Å². The van der Waals surface area contributed by atoms with E-state index in [4.69, 9.17) is 27.9 Å². The second-order valence-corrected chi connectivity index (χ2v) is 10.0. The molecule has 1 aliphatic rings. The summed E-state index contributed by atoms with van der Waals surface area (Å²) in [7, 11) is 0. The first-order valence-corrected chi connectivity index (χ1v) is 10.8. The van der Waals surface area contributed by atoms with Gasteiger partial charge in [0.1, 0.15) is 5.60 Å². The van der Waals surface area contributed by atoms with Crippen molar-refractivity contribution in [2.45, 2.75) is 83.3 Å². The standard InChI is InChI=1S/C22H33Cl2NO3/c1-6-25(19(26)28-20(2,3)4)14-13-22(11-9-21(5,27)10-12-22)16-7-8-17(23)18(24)15-16/h7-8,15,27H,6,9-14H2,1-5H3. The Morgan fingerprint density at radius 2 is 1.79 bits per heavy atom. The lowest BCUT2D eigenvalue weighted by atomic mass is 9.64. The third-order valence-electron chi connectivity index (χ3n) is 5.71. The molecule has 1 aromatic carbocycles. The van der Waals surface area contributed by atoms with Crippen molar-refractivity contribution in [3.63, 3.8) is 0 Å². The van der Waals surface area contributed by atoms with Crippen LogP contribution in [0.3, 0.4) is 0 Å². The molecule has 1 N–H and O–H groups in total. The fraction of sp³-hybridized carbons (Fsp3) is 0.682. The van der Waals surface area contributed by atoms with Gasteiger partial charge in [-0.25, -0.2) is 4.79 Å². The molecule has 0 bridgehead atoms. The van der Waals surface area contributed by atoms with Crippen LogP contribution in [-0.2, 0) is 10.2 Å². The molecular formula is C22H33Cl2NO3. The zero-order valence-corrected chi connectivity index (χ0v) is 19.2. The fourth-order valence-corrected chi connectivity index (χ4v) is 4.13. The number of hydrogen-bond acceptors (Lipinski definition) is 3. The van der Waals surface area contributed by atoms with Crippen molar-refractivity contribution in [2.24, 2.45) is 0 Å². The van der Waals surface area contributed by atoms with Gasteiger partial charge in [0.15, 0.2) is 0 Å². The van der Waals surface area contributed by atoms with Crippen molar-refractivity contribution in [3.8, 4) is 0 Å². The first kappa shape index (κ1) is 23.3. The quantitative estimate of drug-likeness (QED) is 0.605. The molecule has 28 heavy (non-hydrogen) atoms. The number of aliphatic hydroxyl groups is 1. The molecule has 0 aromatic heterocycles. The van der Waals surface area contributed by atoms with E-state index in [-0.39, 0.29) is 11.5 Å². The summed E-state index contributed by atoms with van der Waals surface area (Å²) in [6.45, 7) is 10.7. The summed E-state index contributed by atoms with van der Waals surface area (Å²) in [6, 6.07) is 5.80. The van der Waals surface area contributed by atoms with Crippen LogP contribution in [0.15, 0.2) is 18.2 Å². The normalized spacial score (nSPS) is 25.4. The van der Waals surface area contributed by atoms with Crippen LogP contribution >= 0.6 is 23.2 Å². The zero-order valence-electron chi connectivity index (χ0n) is 17.6. The van der Waals surface area contributed by atoms with Crippen LogP contribution in [-0.4, -0.2) is 40.4 Å². The molecule has 0 unspecified atom stereocenters. The highest BCUT2D eigenvalue weighted by molar-refractivity contribution is 6.42. The highest BCUT2D eigenvalue weighted by Gasteiger charge is 2.41. The zero-order chi connectivity index (χ0) is 21.2. The van der Waals surface area contributed by atoms with Gasteiger partial charge in [-0.3, -0.25) is 0 Å². The maximum absolute atomic E-state index is 12.5. The largest absolute Gasteiger partial charge is 0.444 e. The summed E-state index contributed by atoms with van der Waals surface area (Å²) in [4.78, 5) is 14.3. The Hall–Kier alpha value is -0.970. The Morgan fingerprint density at radius 1 is 1.18 bits per heavy atom. The van der Waals surface area contributed by atoms with E-state index in [1.807, 2.05) is 52.8 Å². The SMILES string of the molecule is CCN(CCC1(c2ccc(Cl)c(Cl)c2)CCC(C)(O)CC1)C(=O)OC(C)(C)C. The van der Waals surface area contributed by atoms with E-state index in [1.54, 1.807) is 4.90 Å². The molecule has 0 atom stereocenters. The summed E-state index contributed by atoms with van der Waals surface area (Å²) in [5, 5.41) is 11.5. The Bertz CT molecular complexity index is 688. The number of benzene rings is 1. The molecule has 0 radical (unpaired) electrons. The summed E-state index contributed by atoms with van der Waals surface area (Å²) in [5.41, 5.74) is -0.186. The van der Waals surface area contributed by atoms with Gasteiger partial charge in [0, 0.05) is 13.1 Å². The van der Waals surface area contributed by atoms with E-state index in [9.17, 15) is 9.90 Å². The number of halogens is 2. The van der Waals surface area contributed by atoms with Gasteiger partial charge in [-0.15, -0.1) is 0 Å². The lowest BCUT2D eigenvalue weighted by molar-refractivity contribution is -0.00564. The molecule has 1 saturated carbocycles. The summed E-state index contributed by atoms with van der Waals surface area (Å²) in [6.07, 6.45) is 3.60. The van der Waals surface area contributed by atoms with Crippen molar-refractivity contribution < 1.29 is 14.6 Å². The topological polar surface area (TPSA) is 49.8 Å². The van der Waals surface area contributed by atoms with Crippen LogP contribution in [0, 0.1) is 0 Å². The Morgan fingerprint density at radius 3 is 2.29 bits per heavy atom. The number of ether oxygens (including phenoxy) is 1. The maximum atomic E-state index is 12.5. The van der Waals surface area contributed by atoms with Gasteiger partial charge in [-0.2, -0.15) is 0 Å². The lowest BCUT2D eigenvalue weighted by Gasteiger charge is -2.44. The third-order valence-corrected chi connectivity index (χ3v) is 6.45. The molecule has 0 spiro atoms. The average molecular weight is 430 g/mol. The van der Waals surface area contributed by atoms with E-state index < -0.39 is 11.2 Å². The predicted octanol–water partition coefficient (Wildman–Crippen LogP) is 6.20. The molecular weight excluding hydrogens is 397 g/mol. The van der Waals surface area contributed by atoms with Crippen LogP contribution in [0.1, 0.15) is 72.3 Å². The average Bonchev–Trinajstić information content (AvgIpc) is 2.58. The molecule has 0 heterocycles. The number of nitrogens with zero attached hydrogens (tertiary/aromatic N) is 1. The number of amides is 1. The first-order chi connectivity index (χ1) is 12.9. The first-order valence-electron chi connectivity index (χ1n) is 10.0. The van der Waals surface area contributed by atoms with Gasteiger partial charge in [0.05, 0.1) is 15.6 Å². The molecule has 0 saturated heterocycles. The van der Waals surface area contributed by atoms with Gasteiger partial charge in [0.25, 0.3) is 0 Å². The van der Waals surface area contributed by atoms with Crippen LogP contribution < -0.4 is 0 Å². The Kier molecular flexibility index (Phi) is 7.33. The van der Waals surface area contributed by atoms with Crippen LogP contribution in [0.4, 0.5) is 4.79 Å². The molecule has 1 aliphatic carbocycles. The van der Waals surface area contributed by atoms with E-state index in [0.717, 1.165) is 24.8 Å². The Labute approximate surface area is 179 Å². The lowest BCUT2D eigenvalue weighted by Crippen LogP contribution is -2.43. The molecule has 6 heteroatoms. The number of carbonyl (C=O) groups is 1. The van der Waals surface area contributed by atoms with Crippen molar-refractivity contribution in [3.05, 3.63) is 33.8 Å². The van der Waals surface area contributed by atoms with E-state index in [2.05, 4.69) is 0 Å². The van der Waals surface area contributed by atoms with E-state index in [1.165, 1.54) is 0 Å². The molecule has 1 amide bonds. The molecule has 1 fully saturated rings. The van der Waals surface area contributed by atoms with Crippen molar-refractivity contribution in [1.29, 1.82) is 0 Å². The van der Waals surface area contributed by atoms with Crippen molar-refractivity contribution in [2.75, 3.05) is 13.1 Å². The molecule has 158 valence electrons. The van der Waals surface area contributed by atoms with E-state index in [0.29, 0.717) is 36.0 Å². The second kappa shape index (κ2) is 8.81. The highest BCUT2D eigenvalue weighted by atomic mass is 35.5. The Balaban J connectivity index is 2.23. The van der Waals surface area contributed by atoms with Crippen LogP contribution in [0.25, 0.3) is 0 Å². The van der Waals surface area contributed by atoms with Crippen molar-refractivity contribution >= 4 is 29.3 Å².